The molecule has 0 aromatic heterocycles. The van der Waals surface area contributed by atoms with Crippen molar-refractivity contribution in [2.45, 2.75) is 104 Å². The second kappa shape index (κ2) is 17.0. The van der Waals surface area contributed by atoms with E-state index in [-0.39, 0.29) is 12.8 Å². The molecule has 0 saturated heterocycles. The molecule has 3 rings (SSSR count). The van der Waals surface area contributed by atoms with Crippen LogP contribution in [0.5, 0.6) is 0 Å². The molecule has 9 nitrogen and oxygen atoms in total. The molecule has 0 heterocycles. The van der Waals surface area contributed by atoms with Crippen molar-refractivity contribution in [3.05, 3.63) is 114 Å². The van der Waals surface area contributed by atoms with Crippen LogP contribution in [0.1, 0.15) is 83.7 Å². The van der Waals surface area contributed by atoms with Gasteiger partial charge >= 0.3 is 12.1 Å². The monoisotopic (exact) mass is 669 g/mol. The molecular formula is C40H51N3O6. The summed E-state index contributed by atoms with van der Waals surface area (Å²) in [6.07, 6.45) is 1.22. The van der Waals surface area contributed by atoms with Gasteiger partial charge in [0.15, 0.2) is 0 Å². The minimum absolute atomic E-state index is 0.151. The Morgan fingerprint density at radius 2 is 1.27 bits per heavy atom. The van der Waals surface area contributed by atoms with Gasteiger partial charge < -0.3 is 25.0 Å². The molecule has 0 aliphatic carbocycles. The first kappa shape index (κ1) is 38.5. The van der Waals surface area contributed by atoms with Crippen LogP contribution in [-0.2, 0) is 36.7 Å². The van der Waals surface area contributed by atoms with Gasteiger partial charge in [-0.3, -0.25) is 9.59 Å². The first-order valence-corrected chi connectivity index (χ1v) is 16.6. The van der Waals surface area contributed by atoms with Crippen molar-refractivity contribution in [2.75, 3.05) is 0 Å². The zero-order valence-electron chi connectivity index (χ0n) is 30.0. The lowest BCUT2D eigenvalue weighted by Gasteiger charge is -2.38. The van der Waals surface area contributed by atoms with E-state index in [9.17, 15) is 19.2 Å². The summed E-state index contributed by atoms with van der Waals surface area (Å²) in [6.45, 7) is 18.0. The Labute approximate surface area is 291 Å². The Morgan fingerprint density at radius 1 is 0.735 bits per heavy atom. The number of benzene rings is 3. The Morgan fingerprint density at radius 3 is 1.76 bits per heavy atom. The van der Waals surface area contributed by atoms with Crippen molar-refractivity contribution in [1.29, 1.82) is 0 Å². The van der Waals surface area contributed by atoms with Crippen molar-refractivity contribution >= 4 is 30.0 Å². The number of nitrogens with one attached hydrogen (secondary N) is 2. The molecule has 0 spiro atoms. The van der Waals surface area contributed by atoms with Crippen molar-refractivity contribution in [3.63, 3.8) is 0 Å². The van der Waals surface area contributed by atoms with Gasteiger partial charge in [0.25, 0.3) is 0 Å². The SMILES string of the molecule is C=Cc1cccc(C(C(=O)NC(Cc2ccccc2)C(=O)OC(C)(C)C)N(C(=O)C(Cc2ccccc2)NC(=O)OC(C)(C)C)C(C)C)c1. The van der Waals surface area contributed by atoms with Gasteiger partial charge in [0, 0.05) is 18.9 Å². The van der Waals surface area contributed by atoms with Gasteiger partial charge in [0.2, 0.25) is 11.8 Å². The molecule has 0 radical (unpaired) electrons. The van der Waals surface area contributed by atoms with Crippen LogP contribution in [0.3, 0.4) is 0 Å². The number of rotatable bonds is 13. The van der Waals surface area contributed by atoms with E-state index in [0.29, 0.717) is 5.56 Å². The van der Waals surface area contributed by atoms with E-state index in [0.717, 1.165) is 16.7 Å². The highest BCUT2D eigenvalue weighted by Gasteiger charge is 2.39. The fourth-order valence-corrected chi connectivity index (χ4v) is 5.32. The topological polar surface area (TPSA) is 114 Å². The summed E-state index contributed by atoms with van der Waals surface area (Å²) in [4.78, 5) is 57.4. The summed E-state index contributed by atoms with van der Waals surface area (Å²) in [5.41, 5.74) is 1.29. The number of carbonyl (C=O) groups excluding carboxylic acids is 4. The van der Waals surface area contributed by atoms with E-state index in [1.54, 1.807) is 79.7 Å². The van der Waals surface area contributed by atoms with E-state index in [1.807, 2.05) is 66.7 Å². The zero-order valence-corrected chi connectivity index (χ0v) is 30.0. The summed E-state index contributed by atoms with van der Waals surface area (Å²) >= 11 is 0. The van der Waals surface area contributed by atoms with Crippen LogP contribution >= 0.6 is 0 Å². The number of hydrogen-bond acceptors (Lipinski definition) is 6. The molecule has 0 aliphatic rings. The predicted molar refractivity (Wildman–Crippen MR) is 192 cm³/mol. The third kappa shape index (κ3) is 12.2. The number of carbonyl (C=O) groups is 4. The summed E-state index contributed by atoms with van der Waals surface area (Å²) in [6, 6.07) is 22.0. The molecule has 0 aliphatic heterocycles. The van der Waals surface area contributed by atoms with Crippen LogP contribution in [0.4, 0.5) is 4.79 Å². The van der Waals surface area contributed by atoms with Crippen LogP contribution in [0.2, 0.25) is 0 Å². The third-order valence-corrected chi connectivity index (χ3v) is 7.36. The maximum atomic E-state index is 14.7. The molecule has 2 N–H and O–H groups in total. The number of esters is 1. The van der Waals surface area contributed by atoms with E-state index in [1.165, 1.54) is 4.90 Å². The van der Waals surface area contributed by atoms with Crippen LogP contribution in [-0.4, -0.2) is 58.1 Å². The van der Waals surface area contributed by atoms with Crippen LogP contribution in [0.25, 0.3) is 6.08 Å². The number of amides is 3. The highest BCUT2D eigenvalue weighted by atomic mass is 16.6. The first-order valence-electron chi connectivity index (χ1n) is 16.6. The Balaban J connectivity index is 2.11. The average Bonchev–Trinajstić information content (AvgIpc) is 3.01. The fourth-order valence-electron chi connectivity index (χ4n) is 5.32. The molecule has 9 heteroatoms. The molecule has 3 aromatic rings. The second-order valence-corrected chi connectivity index (χ2v) is 14.3. The quantitative estimate of drug-likeness (QED) is 0.193. The standard InChI is InChI=1S/C40H51N3O6/c1-10-28-22-17-23-31(24-28)34(35(44)41-33(37(46)48-39(4,5)6)26-30-20-15-12-16-21-30)43(27(2)3)36(45)32(25-29-18-13-11-14-19-29)42-38(47)49-40(7,8)9/h10-24,27,32-34H,1,25-26H2,2-9H3,(H,41,44)(H,42,47). The largest absolute Gasteiger partial charge is 0.458 e. The molecule has 0 fully saturated rings. The normalized spacial score (nSPS) is 13.4. The van der Waals surface area contributed by atoms with Crippen molar-refractivity contribution < 1.29 is 28.7 Å². The minimum Gasteiger partial charge on any atom is -0.458 e. The Kier molecular flexibility index (Phi) is 13.3. The van der Waals surface area contributed by atoms with Crippen LogP contribution < -0.4 is 10.6 Å². The summed E-state index contributed by atoms with van der Waals surface area (Å²) in [5.74, 6) is -1.67. The van der Waals surface area contributed by atoms with Gasteiger partial charge in [0.1, 0.15) is 29.3 Å². The van der Waals surface area contributed by atoms with Crippen molar-refractivity contribution in [2.24, 2.45) is 0 Å². The van der Waals surface area contributed by atoms with Gasteiger partial charge in [-0.2, -0.15) is 0 Å². The van der Waals surface area contributed by atoms with Gasteiger partial charge in [0.05, 0.1) is 0 Å². The molecule has 3 aromatic carbocycles. The van der Waals surface area contributed by atoms with Gasteiger partial charge in [-0.1, -0.05) is 91.5 Å². The molecule has 0 saturated carbocycles. The summed E-state index contributed by atoms with van der Waals surface area (Å²) < 4.78 is 11.3. The highest BCUT2D eigenvalue weighted by molar-refractivity contribution is 5.94. The fraction of sp³-hybridized carbons (Fsp3) is 0.400. The molecule has 0 bridgehead atoms. The molecular weight excluding hydrogens is 618 g/mol. The smallest absolute Gasteiger partial charge is 0.408 e. The molecule has 3 amide bonds. The van der Waals surface area contributed by atoms with Crippen LogP contribution in [0.15, 0.2) is 91.5 Å². The third-order valence-electron chi connectivity index (χ3n) is 7.36. The zero-order chi connectivity index (χ0) is 36.4. The van der Waals surface area contributed by atoms with Gasteiger partial charge in [-0.15, -0.1) is 0 Å². The van der Waals surface area contributed by atoms with E-state index in [2.05, 4.69) is 17.2 Å². The minimum atomic E-state index is -1.19. The molecule has 49 heavy (non-hydrogen) atoms. The van der Waals surface area contributed by atoms with Crippen LogP contribution in [0, 0.1) is 0 Å². The van der Waals surface area contributed by atoms with E-state index < -0.39 is 59.2 Å². The molecule has 262 valence electrons. The second-order valence-electron chi connectivity index (χ2n) is 14.3. The maximum Gasteiger partial charge on any atom is 0.408 e. The van der Waals surface area contributed by atoms with E-state index >= 15 is 0 Å². The van der Waals surface area contributed by atoms with Crippen molar-refractivity contribution in [1.82, 2.24) is 15.5 Å². The number of ether oxygens (including phenoxy) is 2. The predicted octanol–water partition coefficient (Wildman–Crippen LogP) is 6.81. The number of hydrogen-bond donors (Lipinski definition) is 2. The Hall–Kier alpha value is -4.92. The average molecular weight is 670 g/mol. The summed E-state index contributed by atoms with van der Waals surface area (Å²) in [5, 5.41) is 5.70. The lowest BCUT2D eigenvalue weighted by Crippen LogP contribution is -2.57. The maximum absolute atomic E-state index is 14.7. The highest BCUT2D eigenvalue weighted by Crippen LogP contribution is 2.27. The Bertz CT molecular complexity index is 1570. The molecule has 3 unspecified atom stereocenters. The lowest BCUT2D eigenvalue weighted by atomic mass is 9.97. The van der Waals surface area contributed by atoms with Gasteiger partial charge in [-0.05, 0) is 83.7 Å². The van der Waals surface area contributed by atoms with E-state index in [4.69, 9.17) is 9.47 Å². The number of nitrogens with zero attached hydrogens (tertiary/aromatic N) is 1. The van der Waals surface area contributed by atoms with Crippen molar-refractivity contribution in [3.8, 4) is 0 Å². The number of alkyl carbamates (subject to hydrolysis) is 1. The lowest BCUT2D eigenvalue weighted by molar-refractivity contribution is -0.159. The first-order chi connectivity index (χ1) is 23.0. The van der Waals surface area contributed by atoms with Gasteiger partial charge in [-0.25, -0.2) is 9.59 Å². The molecule has 3 atom stereocenters. The summed E-state index contributed by atoms with van der Waals surface area (Å²) in [7, 11) is 0.